The number of hydrogen-bond acceptors (Lipinski definition) is 6. The number of thiophene rings is 1. The van der Waals surface area contributed by atoms with Crippen LogP contribution in [-0.4, -0.2) is 31.4 Å². The minimum Gasteiger partial charge on any atom is -0.348 e. The number of para-hydroxylation sites is 1. The molecule has 0 aliphatic rings. The van der Waals surface area contributed by atoms with E-state index in [1.165, 1.54) is 17.3 Å². The molecule has 4 rings (SSSR count). The second-order valence-electron chi connectivity index (χ2n) is 7.69. The number of aromatic nitrogens is 4. The van der Waals surface area contributed by atoms with Gasteiger partial charge in [0.15, 0.2) is 11.0 Å². The van der Waals surface area contributed by atoms with Gasteiger partial charge in [-0.15, -0.1) is 21.5 Å². The monoisotopic (exact) mass is 463 g/mol. The number of rotatable bonds is 8. The molecular formula is C24H25N5OS2. The van der Waals surface area contributed by atoms with Gasteiger partial charge in [-0.3, -0.25) is 14.3 Å². The van der Waals surface area contributed by atoms with E-state index >= 15 is 0 Å². The number of carbonyl (C=O) groups excluding carboxylic acids is 1. The van der Waals surface area contributed by atoms with E-state index in [9.17, 15) is 4.79 Å². The van der Waals surface area contributed by atoms with Gasteiger partial charge in [0.05, 0.1) is 17.5 Å². The predicted octanol–water partition coefficient (Wildman–Crippen LogP) is 5.48. The van der Waals surface area contributed by atoms with E-state index in [0.717, 1.165) is 16.1 Å². The van der Waals surface area contributed by atoms with Gasteiger partial charge >= 0.3 is 0 Å². The first-order valence-corrected chi connectivity index (χ1v) is 12.3. The number of pyridine rings is 1. The van der Waals surface area contributed by atoms with E-state index in [1.54, 1.807) is 23.7 Å². The van der Waals surface area contributed by atoms with Crippen molar-refractivity contribution in [3.63, 3.8) is 0 Å². The molecule has 0 radical (unpaired) electrons. The van der Waals surface area contributed by atoms with Gasteiger partial charge in [-0.1, -0.05) is 49.9 Å². The van der Waals surface area contributed by atoms with E-state index in [4.69, 9.17) is 0 Å². The van der Waals surface area contributed by atoms with Gasteiger partial charge in [0.25, 0.3) is 0 Å². The fourth-order valence-electron chi connectivity index (χ4n) is 3.46. The molecular weight excluding hydrogens is 438 g/mol. The molecule has 0 spiro atoms. The van der Waals surface area contributed by atoms with E-state index in [-0.39, 0.29) is 17.7 Å². The smallest absolute Gasteiger partial charge is 0.230 e. The fourth-order valence-corrected chi connectivity index (χ4v) is 4.95. The van der Waals surface area contributed by atoms with Gasteiger partial charge in [-0.05, 0) is 48.1 Å². The van der Waals surface area contributed by atoms with E-state index in [0.29, 0.717) is 16.9 Å². The van der Waals surface area contributed by atoms with Crippen LogP contribution in [0, 0.1) is 0 Å². The molecule has 3 heterocycles. The Labute approximate surface area is 196 Å². The molecule has 1 N–H and O–H groups in total. The van der Waals surface area contributed by atoms with Gasteiger partial charge in [-0.2, -0.15) is 0 Å². The van der Waals surface area contributed by atoms with E-state index in [2.05, 4.69) is 46.5 Å². The largest absolute Gasteiger partial charge is 0.348 e. The third-order valence-corrected chi connectivity index (χ3v) is 7.02. The van der Waals surface area contributed by atoms with Crippen molar-refractivity contribution in [2.45, 2.75) is 37.9 Å². The molecule has 32 heavy (non-hydrogen) atoms. The molecule has 1 amide bonds. The number of benzene rings is 1. The second kappa shape index (κ2) is 10.1. The number of thioether (sulfide) groups is 1. The topological polar surface area (TPSA) is 72.7 Å². The van der Waals surface area contributed by atoms with Crippen LogP contribution in [0.15, 0.2) is 71.5 Å². The van der Waals surface area contributed by atoms with Gasteiger partial charge in [0.1, 0.15) is 0 Å². The van der Waals surface area contributed by atoms with Crippen LogP contribution < -0.4 is 5.32 Å². The minimum atomic E-state index is -0.0366. The average molecular weight is 464 g/mol. The highest BCUT2D eigenvalue weighted by atomic mass is 32.2. The number of carbonyl (C=O) groups is 1. The number of nitrogens with zero attached hydrogens (tertiary/aromatic N) is 4. The standard InChI is InChI=1S/C24H25N5OS2/c1-16(2)19-9-4-5-10-20(19)29-23(18-8-6-12-25-14-18)27-28-24(29)32-15-22(30)26-17(3)21-11-7-13-31-21/h4-14,16-17H,15H2,1-3H3,(H,26,30). The molecule has 1 unspecified atom stereocenters. The van der Waals surface area contributed by atoms with Crippen molar-refractivity contribution in [1.29, 1.82) is 0 Å². The van der Waals surface area contributed by atoms with Crippen LogP contribution in [0.1, 0.15) is 43.2 Å². The summed E-state index contributed by atoms with van der Waals surface area (Å²) in [5, 5.41) is 14.7. The molecule has 0 fully saturated rings. The summed E-state index contributed by atoms with van der Waals surface area (Å²) in [6, 6.07) is 16.1. The fraction of sp³-hybridized carbons (Fsp3) is 0.250. The summed E-state index contributed by atoms with van der Waals surface area (Å²) in [6.45, 7) is 6.33. The lowest BCUT2D eigenvalue weighted by Crippen LogP contribution is -2.27. The Morgan fingerprint density at radius 3 is 2.66 bits per heavy atom. The first kappa shape index (κ1) is 22.2. The average Bonchev–Trinajstić information content (AvgIpc) is 3.48. The van der Waals surface area contributed by atoms with Crippen LogP contribution in [0.4, 0.5) is 0 Å². The van der Waals surface area contributed by atoms with Crippen LogP contribution in [0.2, 0.25) is 0 Å². The summed E-state index contributed by atoms with van der Waals surface area (Å²) in [6.07, 6.45) is 3.52. The Balaban J connectivity index is 1.63. The maximum Gasteiger partial charge on any atom is 0.230 e. The summed E-state index contributed by atoms with van der Waals surface area (Å²) in [4.78, 5) is 18.0. The predicted molar refractivity (Wildman–Crippen MR) is 130 cm³/mol. The van der Waals surface area contributed by atoms with E-state index < -0.39 is 0 Å². The van der Waals surface area contributed by atoms with Crippen molar-refractivity contribution in [2.24, 2.45) is 0 Å². The summed E-state index contributed by atoms with van der Waals surface area (Å²) < 4.78 is 2.03. The Hall–Kier alpha value is -2.97. The van der Waals surface area contributed by atoms with Crippen LogP contribution in [-0.2, 0) is 4.79 Å². The molecule has 164 valence electrons. The Morgan fingerprint density at radius 2 is 1.94 bits per heavy atom. The number of hydrogen-bond donors (Lipinski definition) is 1. The lowest BCUT2D eigenvalue weighted by atomic mass is 10.0. The van der Waals surface area contributed by atoms with Crippen molar-refractivity contribution in [1.82, 2.24) is 25.1 Å². The number of nitrogens with one attached hydrogen (secondary N) is 1. The molecule has 1 aromatic carbocycles. The first-order valence-electron chi connectivity index (χ1n) is 10.4. The molecule has 0 saturated heterocycles. The third-order valence-electron chi connectivity index (χ3n) is 5.03. The molecule has 0 saturated carbocycles. The zero-order valence-corrected chi connectivity index (χ0v) is 19.9. The molecule has 1 atom stereocenters. The van der Waals surface area contributed by atoms with Crippen molar-refractivity contribution in [3.8, 4) is 17.1 Å². The molecule has 0 bridgehead atoms. The molecule has 6 nitrogen and oxygen atoms in total. The summed E-state index contributed by atoms with van der Waals surface area (Å²) in [5.74, 6) is 1.25. The molecule has 0 aliphatic heterocycles. The lowest BCUT2D eigenvalue weighted by molar-refractivity contribution is -0.119. The van der Waals surface area contributed by atoms with E-state index in [1.807, 2.05) is 53.3 Å². The van der Waals surface area contributed by atoms with Gasteiger partial charge in [0.2, 0.25) is 5.91 Å². The summed E-state index contributed by atoms with van der Waals surface area (Å²) >= 11 is 3.02. The zero-order chi connectivity index (χ0) is 22.5. The first-order chi connectivity index (χ1) is 15.5. The zero-order valence-electron chi connectivity index (χ0n) is 18.2. The molecule has 3 aromatic heterocycles. The minimum absolute atomic E-state index is 0.0198. The molecule has 0 aliphatic carbocycles. The van der Waals surface area contributed by atoms with Gasteiger partial charge < -0.3 is 5.32 Å². The van der Waals surface area contributed by atoms with Crippen molar-refractivity contribution in [3.05, 3.63) is 76.7 Å². The highest BCUT2D eigenvalue weighted by Gasteiger charge is 2.20. The van der Waals surface area contributed by atoms with Crippen LogP contribution in [0.25, 0.3) is 17.1 Å². The lowest BCUT2D eigenvalue weighted by Gasteiger charge is -2.17. The highest BCUT2D eigenvalue weighted by molar-refractivity contribution is 7.99. The number of amides is 1. The maximum absolute atomic E-state index is 12.6. The SMILES string of the molecule is CC(C)c1ccccc1-n1c(SCC(=O)NC(C)c2cccs2)nnc1-c1cccnc1. The van der Waals surface area contributed by atoms with Gasteiger partial charge in [-0.25, -0.2) is 0 Å². The Morgan fingerprint density at radius 1 is 1.09 bits per heavy atom. The second-order valence-corrected chi connectivity index (χ2v) is 9.61. The Bertz CT molecular complexity index is 1170. The van der Waals surface area contributed by atoms with Crippen LogP contribution >= 0.6 is 23.1 Å². The Kier molecular flexibility index (Phi) is 7.02. The highest BCUT2D eigenvalue weighted by Crippen LogP contribution is 2.32. The molecule has 4 aromatic rings. The van der Waals surface area contributed by atoms with Crippen molar-refractivity contribution < 1.29 is 4.79 Å². The van der Waals surface area contributed by atoms with Gasteiger partial charge in [0, 0.05) is 22.8 Å². The molecule has 8 heteroatoms. The van der Waals surface area contributed by atoms with Crippen molar-refractivity contribution >= 4 is 29.0 Å². The normalized spacial score (nSPS) is 12.1. The quantitative estimate of drug-likeness (QED) is 0.350. The van der Waals surface area contributed by atoms with Crippen molar-refractivity contribution in [2.75, 3.05) is 5.75 Å². The third kappa shape index (κ3) is 4.92. The maximum atomic E-state index is 12.6. The summed E-state index contributed by atoms with van der Waals surface area (Å²) in [5.41, 5.74) is 3.08. The summed E-state index contributed by atoms with van der Waals surface area (Å²) in [7, 11) is 0. The van der Waals surface area contributed by atoms with Crippen LogP contribution in [0.5, 0.6) is 0 Å². The van der Waals surface area contributed by atoms with Crippen LogP contribution in [0.3, 0.4) is 0 Å².